The van der Waals surface area contributed by atoms with Gasteiger partial charge in [0.15, 0.2) is 6.61 Å². The molecule has 0 saturated carbocycles. The van der Waals surface area contributed by atoms with E-state index in [-0.39, 0.29) is 18.6 Å². The molecule has 0 aliphatic carbocycles. The predicted molar refractivity (Wildman–Crippen MR) is 102 cm³/mol. The van der Waals surface area contributed by atoms with Crippen molar-refractivity contribution in [2.45, 2.75) is 19.9 Å². The van der Waals surface area contributed by atoms with Gasteiger partial charge in [0.2, 0.25) is 0 Å². The van der Waals surface area contributed by atoms with Gasteiger partial charge in [0.1, 0.15) is 5.75 Å². The van der Waals surface area contributed by atoms with Gasteiger partial charge in [0.25, 0.3) is 5.91 Å². The quantitative estimate of drug-likeness (QED) is 0.737. The summed E-state index contributed by atoms with van der Waals surface area (Å²) in [6, 6.07) is 17.1. The molecular weight excluding hydrogens is 336 g/mol. The fourth-order valence-corrected chi connectivity index (χ4v) is 3.03. The molecule has 134 valence electrons. The first-order valence-electron chi connectivity index (χ1n) is 8.58. The van der Waals surface area contributed by atoms with E-state index in [2.05, 4.69) is 24.1 Å². The van der Waals surface area contributed by atoms with Crippen molar-refractivity contribution in [2.24, 2.45) is 0 Å². The van der Waals surface area contributed by atoms with Crippen LogP contribution in [0.3, 0.4) is 0 Å². The van der Waals surface area contributed by atoms with Crippen molar-refractivity contribution in [1.29, 1.82) is 0 Å². The molecule has 0 saturated heterocycles. The van der Waals surface area contributed by atoms with Gasteiger partial charge in [-0.1, -0.05) is 61.8 Å². The normalized spacial score (nSPS) is 12.0. The standard InChI is InChI=1S/C20H25ClN2O2/c1-3-23(4-2)19(17-12-8-9-13-18(17)21)14-22-20(24)15-25-16-10-6-5-7-11-16/h5-13,19H,3-4,14-15H2,1-2H3,(H,22,24). The van der Waals surface area contributed by atoms with E-state index >= 15 is 0 Å². The number of nitrogens with zero attached hydrogens (tertiary/aromatic N) is 1. The van der Waals surface area contributed by atoms with Gasteiger partial charge in [-0.15, -0.1) is 0 Å². The molecule has 0 bridgehead atoms. The van der Waals surface area contributed by atoms with E-state index in [1.54, 1.807) is 0 Å². The summed E-state index contributed by atoms with van der Waals surface area (Å²) in [6.07, 6.45) is 0. The van der Waals surface area contributed by atoms with Crippen LogP contribution in [0, 0.1) is 0 Å². The molecule has 25 heavy (non-hydrogen) atoms. The number of hydrogen-bond acceptors (Lipinski definition) is 3. The van der Waals surface area contributed by atoms with Gasteiger partial charge >= 0.3 is 0 Å². The van der Waals surface area contributed by atoms with Gasteiger partial charge in [-0.05, 0) is 36.9 Å². The lowest BCUT2D eigenvalue weighted by Gasteiger charge is -2.30. The Morgan fingerprint density at radius 3 is 2.36 bits per heavy atom. The van der Waals surface area contributed by atoms with Crippen molar-refractivity contribution in [1.82, 2.24) is 10.2 Å². The summed E-state index contributed by atoms with van der Waals surface area (Å²) in [6.45, 7) is 6.45. The van der Waals surface area contributed by atoms with Crippen molar-refractivity contribution in [3.63, 3.8) is 0 Å². The first-order valence-corrected chi connectivity index (χ1v) is 8.96. The Hall–Kier alpha value is -2.04. The van der Waals surface area contributed by atoms with Crippen LogP contribution < -0.4 is 10.1 Å². The van der Waals surface area contributed by atoms with Crippen molar-refractivity contribution >= 4 is 17.5 Å². The van der Waals surface area contributed by atoms with Crippen LogP contribution in [0.25, 0.3) is 0 Å². The Balaban J connectivity index is 1.97. The lowest BCUT2D eigenvalue weighted by atomic mass is 10.0. The number of ether oxygens (including phenoxy) is 1. The Kier molecular flexibility index (Phi) is 7.76. The number of likely N-dealkylation sites (N-methyl/N-ethyl adjacent to an activating group) is 1. The number of amides is 1. The maximum Gasteiger partial charge on any atom is 0.258 e. The summed E-state index contributed by atoms with van der Waals surface area (Å²) in [5, 5.41) is 3.68. The van der Waals surface area contributed by atoms with E-state index in [1.807, 2.05) is 54.6 Å². The summed E-state index contributed by atoms with van der Waals surface area (Å²) in [7, 11) is 0. The van der Waals surface area contributed by atoms with Gasteiger partial charge in [0, 0.05) is 11.6 Å². The smallest absolute Gasteiger partial charge is 0.258 e. The van der Waals surface area contributed by atoms with Gasteiger partial charge < -0.3 is 10.1 Å². The zero-order valence-corrected chi connectivity index (χ0v) is 15.5. The van der Waals surface area contributed by atoms with E-state index in [1.165, 1.54) is 0 Å². The number of carbonyl (C=O) groups excluding carboxylic acids is 1. The third-order valence-corrected chi connectivity index (χ3v) is 4.47. The predicted octanol–water partition coefficient (Wildman–Crippen LogP) is 3.92. The molecule has 2 rings (SSSR count). The lowest BCUT2D eigenvalue weighted by Crippen LogP contribution is -2.39. The number of hydrogen-bond donors (Lipinski definition) is 1. The van der Waals surface area contributed by atoms with Crippen molar-refractivity contribution in [3.8, 4) is 5.75 Å². The van der Waals surface area contributed by atoms with Crippen molar-refractivity contribution in [2.75, 3.05) is 26.2 Å². The van der Waals surface area contributed by atoms with Crippen LogP contribution >= 0.6 is 11.6 Å². The molecule has 0 radical (unpaired) electrons. The molecule has 1 N–H and O–H groups in total. The van der Waals surface area contributed by atoms with Crippen LogP contribution in [0.15, 0.2) is 54.6 Å². The van der Waals surface area contributed by atoms with Crippen molar-refractivity contribution < 1.29 is 9.53 Å². The molecule has 1 atom stereocenters. The number of carbonyl (C=O) groups is 1. The fraction of sp³-hybridized carbons (Fsp3) is 0.350. The molecule has 1 amide bonds. The van der Waals surface area contributed by atoms with Crippen molar-refractivity contribution in [3.05, 3.63) is 65.2 Å². The molecule has 2 aromatic rings. The zero-order valence-electron chi connectivity index (χ0n) is 14.7. The lowest BCUT2D eigenvalue weighted by molar-refractivity contribution is -0.123. The molecular formula is C20H25ClN2O2. The Bertz CT molecular complexity index is 660. The number of nitrogens with one attached hydrogen (secondary N) is 1. The number of rotatable bonds is 9. The van der Waals surface area contributed by atoms with Crippen LogP contribution in [0.1, 0.15) is 25.5 Å². The minimum atomic E-state index is -0.145. The second-order valence-electron chi connectivity index (χ2n) is 5.66. The van der Waals surface area contributed by atoms with Gasteiger partial charge in [-0.3, -0.25) is 9.69 Å². The molecule has 0 fully saturated rings. The minimum absolute atomic E-state index is 0.00248. The number of benzene rings is 2. The first-order chi connectivity index (χ1) is 12.2. The largest absolute Gasteiger partial charge is 0.484 e. The monoisotopic (exact) mass is 360 g/mol. The Morgan fingerprint density at radius 1 is 1.08 bits per heavy atom. The number of halogens is 1. The summed E-state index contributed by atoms with van der Waals surface area (Å²) < 4.78 is 5.49. The fourth-order valence-electron chi connectivity index (χ4n) is 2.77. The molecule has 4 nitrogen and oxygen atoms in total. The molecule has 0 aliphatic rings. The second-order valence-corrected chi connectivity index (χ2v) is 6.07. The Labute approximate surface area is 154 Å². The van der Waals surface area contributed by atoms with Crippen LogP contribution in [0.5, 0.6) is 5.75 Å². The van der Waals surface area contributed by atoms with Crippen LogP contribution in [0.4, 0.5) is 0 Å². The topological polar surface area (TPSA) is 41.6 Å². The van der Waals surface area contributed by atoms with Crippen LogP contribution in [-0.4, -0.2) is 37.0 Å². The Morgan fingerprint density at radius 2 is 1.72 bits per heavy atom. The number of para-hydroxylation sites is 1. The third-order valence-electron chi connectivity index (χ3n) is 4.12. The van der Waals surface area contributed by atoms with E-state index in [0.717, 1.165) is 18.7 Å². The summed E-state index contributed by atoms with van der Waals surface area (Å²) in [4.78, 5) is 14.4. The average molecular weight is 361 g/mol. The van der Waals surface area contributed by atoms with Gasteiger partial charge in [-0.2, -0.15) is 0 Å². The average Bonchev–Trinajstić information content (AvgIpc) is 2.65. The first kappa shape index (κ1) is 19.3. The van der Waals surface area contributed by atoms with E-state index in [4.69, 9.17) is 16.3 Å². The molecule has 2 aromatic carbocycles. The minimum Gasteiger partial charge on any atom is -0.484 e. The maximum absolute atomic E-state index is 12.1. The molecule has 5 heteroatoms. The second kappa shape index (κ2) is 10.1. The summed E-state index contributed by atoms with van der Waals surface area (Å²) in [5.74, 6) is 0.539. The highest BCUT2D eigenvalue weighted by molar-refractivity contribution is 6.31. The third kappa shape index (κ3) is 5.76. The van der Waals surface area contributed by atoms with Crippen LogP contribution in [0.2, 0.25) is 5.02 Å². The molecule has 0 spiro atoms. The van der Waals surface area contributed by atoms with Gasteiger partial charge in [0.05, 0.1) is 6.04 Å². The van der Waals surface area contributed by atoms with E-state index < -0.39 is 0 Å². The highest BCUT2D eigenvalue weighted by Crippen LogP contribution is 2.26. The SMILES string of the molecule is CCN(CC)C(CNC(=O)COc1ccccc1)c1ccccc1Cl. The summed E-state index contributed by atoms with van der Waals surface area (Å²) in [5.41, 5.74) is 1.03. The van der Waals surface area contributed by atoms with Gasteiger partial charge in [-0.25, -0.2) is 0 Å². The van der Waals surface area contributed by atoms with E-state index in [9.17, 15) is 4.79 Å². The summed E-state index contributed by atoms with van der Waals surface area (Å²) >= 11 is 6.37. The zero-order chi connectivity index (χ0) is 18.1. The van der Waals surface area contributed by atoms with E-state index in [0.29, 0.717) is 17.3 Å². The molecule has 0 aliphatic heterocycles. The highest BCUT2D eigenvalue weighted by Gasteiger charge is 2.21. The molecule has 0 heterocycles. The molecule has 1 unspecified atom stereocenters. The molecule has 0 aromatic heterocycles. The maximum atomic E-state index is 12.1. The highest BCUT2D eigenvalue weighted by atomic mass is 35.5. The van der Waals surface area contributed by atoms with Crippen LogP contribution in [-0.2, 0) is 4.79 Å².